The first-order valence-corrected chi connectivity index (χ1v) is 12.6. The number of rotatable bonds is 5. The molecule has 9 nitrogen and oxygen atoms in total. The molecule has 2 aliphatic heterocycles. The van der Waals surface area contributed by atoms with Crippen LogP contribution in [0.4, 0.5) is 17.1 Å². The molecule has 10 heteroatoms. The maximum atomic E-state index is 12.8. The molecule has 0 aliphatic carbocycles. The van der Waals surface area contributed by atoms with Crippen molar-refractivity contribution in [2.75, 3.05) is 35.8 Å². The third-order valence-corrected chi connectivity index (χ3v) is 7.22. The van der Waals surface area contributed by atoms with Crippen molar-refractivity contribution in [1.29, 1.82) is 0 Å². The summed E-state index contributed by atoms with van der Waals surface area (Å²) < 4.78 is 34.9. The molecular weight excluding hydrogens is 456 g/mol. The normalized spacial score (nSPS) is 17.4. The Morgan fingerprint density at radius 3 is 2.53 bits per heavy atom. The average Bonchev–Trinajstić information content (AvgIpc) is 3.04. The minimum absolute atomic E-state index is 0.0225. The first kappa shape index (κ1) is 23.7. The molecule has 1 fully saturated rings. The summed E-state index contributed by atoms with van der Waals surface area (Å²) in [5, 5.41) is 2.71. The fraction of sp³-hybridized carbons (Fsp3) is 0.375. The topological polar surface area (TPSA) is 108 Å². The van der Waals surface area contributed by atoms with Crippen LogP contribution in [0.15, 0.2) is 51.8 Å². The number of anilines is 3. The van der Waals surface area contributed by atoms with Gasteiger partial charge in [0.2, 0.25) is 0 Å². The first-order valence-electron chi connectivity index (χ1n) is 11.2. The molecule has 1 amide bonds. The number of hydrogen-bond donors (Lipinski definition) is 1. The maximum absolute atomic E-state index is 12.8. The molecule has 1 saturated heterocycles. The standard InChI is InChI=1S/C24H28N4O5S/c1-16(23(29)25-18-9-11-19(12-10-18)27(2)3)33-24(30)17-8-13-20-21(15-17)34(31,32)26-22-7-5-4-6-14-28(20)22/h8-13,15-16H,4-7,14H2,1-3H3,(H,25,29)/t16-/m1/s1. The molecule has 180 valence electrons. The van der Waals surface area contributed by atoms with Crippen LogP contribution >= 0.6 is 0 Å². The summed E-state index contributed by atoms with van der Waals surface area (Å²) >= 11 is 0. The number of ether oxygens (including phenoxy) is 1. The van der Waals surface area contributed by atoms with Crippen molar-refractivity contribution in [3.63, 3.8) is 0 Å². The van der Waals surface area contributed by atoms with Gasteiger partial charge in [0.25, 0.3) is 15.9 Å². The van der Waals surface area contributed by atoms with Gasteiger partial charge in [0.05, 0.1) is 11.3 Å². The molecule has 4 rings (SSSR count). The van der Waals surface area contributed by atoms with Gasteiger partial charge in [0, 0.05) is 38.4 Å². The highest BCUT2D eigenvalue weighted by Gasteiger charge is 2.32. The number of carbonyl (C=O) groups is 2. The van der Waals surface area contributed by atoms with Gasteiger partial charge in [-0.2, -0.15) is 8.42 Å². The van der Waals surface area contributed by atoms with Crippen LogP contribution in [0.25, 0.3) is 0 Å². The smallest absolute Gasteiger partial charge is 0.338 e. The Kier molecular flexibility index (Phi) is 6.60. The Morgan fingerprint density at radius 1 is 1.09 bits per heavy atom. The first-order chi connectivity index (χ1) is 16.2. The van der Waals surface area contributed by atoms with E-state index in [0.29, 0.717) is 30.2 Å². The van der Waals surface area contributed by atoms with Crippen LogP contribution in [-0.2, 0) is 19.6 Å². The van der Waals surface area contributed by atoms with Gasteiger partial charge in [-0.1, -0.05) is 6.42 Å². The molecule has 0 unspecified atom stereocenters. The monoisotopic (exact) mass is 484 g/mol. The minimum atomic E-state index is -3.92. The summed E-state index contributed by atoms with van der Waals surface area (Å²) in [7, 11) is -0.0903. The molecule has 34 heavy (non-hydrogen) atoms. The Balaban J connectivity index is 1.47. The van der Waals surface area contributed by atoms with Crippen molar-refractivity contribution < 1.29 is 22.7 Å². The van der Waals surface area contributed by atoms with E-state index in [1.165, 1.54) is 19.1 Å². The summed E-state index contributed by atoms with van der Waals surface area (Å²) in [6.45, 7) is 2.14. The number of hydrogen-bond acceptors (Lipinski definition) is 7. The number of esters is 1. The van der Waals surface area contributed by atoms with E-state index in [4.69, 9.17) is 4.74 Å². The van der Waals surface area contributed by atoms with Crippen LogP contribution in [0.2, 0.25) is 0 Å². The van der Waals surface area contributed by atoms with Crippen molar-refractivity contribution in [3.05, 3.63) is 48.0 Å². The third kappa shape index (κ3) is 4.91. The lowest BCUT2D eigenvalue weighted by Gasteiger charge is -2.29. The summed E-state index contributed by atoms with van der Waals surface area (Å²) in [6.07, 6.45) is 2.36. The molecule has 0 spiro atoms. The van der Waals surface area contributed by atoms with Crippen molar-refractivity contribution >= 4 is 44.8 Å². The van der Waals surface area contributed by atoms with E-state index in [9.17, 15) is 18.0 Å². The quantitative estimate of drug-likeness (QED) is 0.648. The lowest BCUT2D eigenvalue weighted by Crippen LogP contribution is -2.35. The second-order valence-corrected chi connectivity index (χ2v) is 10.2. The predicted octanol–water partition coefficient (Wildman–Crippen LogP) is 3.42. The highest BCUT2D eigenvalue weighted by molar-refractivity contribution is 7.90. The highest BCUT2D eigenvalue weighted by Crippen LogP contribution is 2.35. The van der Waals surface area contributed by atoms with E-state index in [1.807, 2.05) is 36.0 Å². The van der Waals surface area contributed by atoms with E-state index in [0.717, 1.165) is 24.9 Å². The van der Waals surface area contributed by atoms with Crippen LogP contribution in [0.3, 0.4) is 0 Å². The largest absolute Gasteiger partial charge is 0.449 e. The van der Waals surface area contributed by atoms with Gasteiger partial charge < -0.3 is 19.9 Å². The van der Waals surface area contributed by atoms with E-state index >= 15 is 0 Å². The summed E-state index contributed by atoms with van der Waals surface area (Å²) in [5.41, 5.74) is 2.13. The molecule has 2 heterocycles. The summed E-state index contributed by atoms with van der Waals surface area (Å²) in [4.78, 5) is 29.0. The number of benzene rings is 2. The molecule has 0 radical (unpaired) electrons. The van der Waals surface area contributed by atoms with E-state index < -0.39 is 28.0 Å². The Morgan fingerprint density at radius 2 is 1.82 bits per heavy atom. The van der Waals surface area contributed by atoms with Gasteiger partial charge >= 0.3 is 5.97 Å². The van der Waals surface area contributed by atoms with Crippen molar-refractivity contribution in [2.45, 2.75) is 43.6 Å². The number of sulfonamides is 1. The fourth-order valence-electron chi connectivity index (χ4n) is 3.98. The molecule has 1 atom stereocenters. The van der Waals surface area contributed by atoms with Gasteiger partial charge in [0.1, 0.15) is 10.7 Å². The number of nitrogens with one attached hydrogen (secondary N) is 1. The van der Waals surface area contributed by atoms with E-state index in [2.05, 4.69) is 9.71 Å². The maximum Gasteiger partial charge on any atom is 0.338 e. The van der Waals surface area contributed by atoms with Crippen LogP contribution in [0, 0.1) is 0 Å². The van der Waals surface area contributed by atoms with Crippen LogP contribution in [0.5, 0.6) is 0 Å². The second-order valence-electron chi connectivity index (χ2n) is 8.61. The Bertz CT molecular complexity index is 1240. The van der Waals surface area contributed by atoms with Crippen molar-refractivity contribution in [1.82, 2.24) is 0 Å². The number of amidine groups is 1. The molecule has 0 bridgehead atoms. The van der Waals surface area contributed by atoms with Gasteiger partial charge in [-0.15, -0.1) is 4.40 Å². The zero-order chi connectivity index (χ0) is 24.5. The summed E-state index contributed by atoms with van der Waals surface area (Å²) in [6, 6.07) is 11.6. The zero-order valence-electron chi connectivity index (χ0n) is 19.4. The lowest BCUT2D eigenvalue weighted by atomic mass is 10.1. The molecule has 2 aromatic rings. The van der Waals surface area contributed by atoms with Gasteiger partial charge in [-0.3, -0.25) is 4.79 Å². The second kappa shape index (κ2) is 9.46. The van der Waals surface area contributed by atoms with Crippen LogP contribution < -0.4 is 15.1 Å². The Hall–Kier alpha value is -3.40. The van der Waals surface area contributed by atoms with Crippen molar-refractivity contribution in [3.8, 4) is 0 Å². The third-order valence-electron chi connectivity index (χ3n) is 5.89. The minimum Gasteiger partial charge on any atom is -0.449 e. The van der Waals surface area contributed by atoms with Crippen LogP contribution in [-0.4, -0.2) is 52.9 Å². The molecule has 0 saturated carbocycles. The van der Waals surface area contributed by atoms with Crippen molar-refractivity contribution in [2.24, 2.45) is 4.40 Å². The average molecular weight is 485 g/mol. The fourth-order valence-corrected chi connectivity index (χ4v) is 5.26. The number of carbonyl (C=O) groups excluding carboxylic acids is 2. The SMILES string of the molecule is C[C@@H](OC(=O)c1ccc2c(c1)S(=O)(=O)N=C1CCCCCN12)C(=O)Nc1ccc(N(C)C)cc1. The van der Waals surface area contributed by atoms with E-state index in [-0.39, 0.29) is 10.5 Å². The molecule has 1 N–H and O–H groups in total. The predicted molar refractivity (Wildman–Crippen MR) is 131 cm³/mol. The molecule has 2 aliphatic rings. The van der Waals surface area contributed by atoms with Gasteiger partial charge in [-0.05, 0) is 62.2 Å². The number of fused-ring (bicyclic) bond motifs is 3. The molecule has 0 aromatic heterocycles. The van der Waals surface area contributed by atoms with E-state index in [1.54, 1.807) is 18.2 Å². The zero-order valence-corrected chi connectivity index (χ0v) is 20.3. The lowest BCUT2D eigenvalue weighted by molar-refractivity contribution is -0.123. The van der Waals surface area contributed by atoms with Crippen LogP contribution in [0.1, 0.15) is 43.0 Å². The van der Waals surface area contributed by atoms with Gasteiger partial charge in [0.15, 0.2) is 6.10 Å². The number of nitrogens with zero attached hydrogens (tertiary/aromatic N) is 3. The number of amides is 1. The molecule has 2 aromatic carbocycles. The summed E-state index contributed by atoms with van der Waals surface area (Å²) in [5.74, 6) is -0.728. The highest BCUT2D eigenvalue weighted by atomic mass is 32.2. The molecular formula is C24H28N4O5S. The van der Waals surface area contributed by atoms with Gasteiger partial charge in [-0.25, -0.2) is 4.79 Å². The Labute approximate surface area is 199 Å².